The maximum atomic E-state index is 13.2. The molecule has 0 aromatic heterocycles. The van der Waals surface area contributed by atoms with Crippen LogP contribution in [0.15, 0.2) is 53.4 Å². The van der Waals surface area contributed by atoms with E-state index in [2.05, 4.69) is 0 Å². The van der Waals surface area contributed by atoms with Gasteiger partial charge < -0.3 is 10.5 Å². The van der Waals surface area contributed by atoms with Crippen LogP contribution in [-0.4, -0.2) is 33.9 Å². The zero-order chi connectivity index (χ0) is 18.2. The fraction of sp³-hybridized carbons (Fsp3) is 0.333. The van der Waals surface area contributed by atoms with E-state index in [1.807, 2.05) is 12.1 Å². The highest BCUT2D eigenvalue weighted by Gasteiger charge is 2.70. The van der Waals surface area contributed by atoms with E-state index in [4.69, 9.17) is 33.7 Å². The van der Waals surface area contributed by atoms with Crippen molar-refractivity contribution >= 4 is 33.0 Å². The molecule has 3 atom stereocenters. The van der Waals surface area contributed by atoms with Gasteiger partial charge in [0.25, 0.3) is 0 Å². The van der Waals surface area contributed by atoms with Gasteiger partial charge in [-0.25, -0.2) is 8.42 Å². The summed E-state index contributed by atoms with van der Waals surface area (Å²) in [5, 5.41) is 0.392. The average Bonchev–Trinajstić information content (AvgIpc) is 3.26. The van der Waals surface area contributed by atoms with E-state index >= 15 is 0 Å². The second kappa shape index (κ2) is 6.89. The van der Waals surface area contributed by atoms with Crippen molar-refractivity contribution in [1.29, 1.82) is 0 Å². The summed E-state index contributed by atoms with van der Waals surface area (Å²) in [5.74, 6) is -0.267. The molecule has 0 aliphatic heterocycles. The van der Waals surface area contributed by atoms with Crippen LogP contribution >= 0.6 is 23.2 Å². The van der Waals surface area contributed by atoms with Gasteiger partial charge in [0.1, 0.15) is 0 Å². The van der Waals surface area contributed by atoms with Crippen LogP contribution in [-0.2, 0) is 14.6 Å². The smallest absolute Gasteiger partial charge is 0.182 e. The summed E-state index contributed by atoms with van der Waals surface area (Å²) in [4.78, 5) is 0.236. The van der Waals surface area contributed by atoms with E-state index in [0.29, 0.717) is 10.0 Å². The number of rotatable bonds is 6. The van der Waals surface area contributed by atoms with E-state index in [-0.39, 0.29) is 24.0 Å². The molecule has 1 aliphatic rings. The lowest BCUT2D eigenvalue weighted by molar-refractivity contribution is 0.142. The minimum absolute atomic E-state index is 0.204. The van der Waals surface area contributed by atoms with Crippen LogP contribution in [0.1, 0.15) is 11.5 Å². The number of methoxy groups -OCH3 is 1. The van der Waals surface area contributed by atoms with Crippen molar-refractivity contribution in [3.8, 4) is 0 Å². The van der Waals surface area contributed by atoms with Crippen molar-refractivity contribution in [2.75, 3.05) is 20.3 Å². The molecule has 0 amide bonds. The lowest BCUT2D eigenvalue weighted by atomic mass is 10.00. The number of nitrogens with two attached hydrogens (primary N) is 1. The SMILES string of the molecule is COC[C@]1(CN)[C@H](c2cccc(Cl)c2)[C@@H]1S(=O)(=O)c1ccc(Cl)cc1. The summed E-state index contributed by atoms with van der Waals surface area (Å²) in [5.41, 5.74) is 6.20. The Balaban J connectivity index is 2.07. The third-order valence-corrected chi connectivity index (χ3v) is 7.68. The van der Waals surface area contributed by atoms with Crippen molar-refractivity contribution in [1.82, 2.24) is 0 Å². The van der Waals surface area contributed by atoms with Gasteiger partial charge in [-0.3, -0.25) is 0 Å². The van der Waals surface area contributed by atoms with Crippen LogP contribution in [0.4, 0.5) is 0 Å². The van der Waals surface area contributed by atoms with E-state index in [1.54, 1.807) is 31.4 Å². The topological polar surface area (TPSA) is 69.4 Å². The molecule has 1 aliphatic carbocycles. The first-order chi connectivity index (χ1) is 11.9. The Morgan fingerprint density at radius 2 is 1.80 bits per heavy atom. The third-order valence-electron chi connectivity index (χ3n) is 4.86. The molecule has 0 spiro atoms. The zero-order valence-electron chi connectivity index (χ0n) is 13.7. The number of ether oxygens (including phenoxy) is 1. The Bertz CT molecular complexity index is 870. The Hall–Kier alpha value is -1.11. The molecule has 2 aromatic carbocycles. The van der Waals surface area contributed by atoms with Crippen molar-refractivity contribution in [3.05, 3.63) is 64.1 Å². The molecule has 4 nitrogen and oxygen atoms in total. The fourth-order valence-electron chi connectivity index (χ4n) is 3.66. The van der Waals surface area contributed by atoms with Crippen LogP contribution in [0.25, 0.3) is 0 Å². The molecule has 0 unspecified atom stereocenters. The zero-order valence-corrected chi connectivity index (χ0v) is 16.0. The molecule has 0 radical (unpaired) electrons. The van der Waals surface area contributed by atoms with Crippen molar-refractivity contribution in [2.24, 2.45) is 11.1 Å². The van der Waals surface area contributed by atoms with Gasteiger partial charge in [0.2, 0.25) is 0 Å². The normalized spacial score (nSPS) is 25.8. The first-order valence-corrected chi connectivity index (χ1v) is 10.1. The van der Waals surface area contributed by atoms with Gasteiger partial charge in [-0.1, -0.05) is 35.3 Å². The lowest BCUT2D eigenvalue weighted by Gasteiger charge is -2.15. The molecular formula is C18H19Cl2NO3S. The average molecular weight is 400 g/mol. The van der Waals surface area contributed by atoms with Crippen molar-refractivity contribution < 1.29 is 13.2 Å². The van der Waals surface area contributed by atoms with Gasteiger partial charge >= 0.3 is 0 Å². The van der Waals surface area contributed by atoms with E-state index in [0.717, 1.165) is 5.56 Å². The largest absolute Gasteiger partial charge is 0.384 e. The number of hydrogen-bond acceptors (Lipinski definition) is 4. The fourth-order valence-corrected chi connectivity index (χ4v) is 6.43. The van der Waals surface area contributed by atoms with Crippen LogP contribution in [0.5, 0.6) is 0 Å². The van der Waals surface area contributed by atoms with Crippen molar-refractivity contribution in [3.63, 3.8) is 0 Å². The minimum atomic E-state index is -3.60. The second-order valence-corrected chi connectivity index (χ2v) is 9.26. The minimum Gasteiger partial charge on any atom is -0.384 e. The standard InChI is InChI=1S/C18H19Cl2NO3S/c1-24-11-18(10-21)16(12-3-2-4-14(20)9-12)17(18)25(22,23)15-7-5-13(19)6-8-15/h2-9,16-17H,10-11,21H2,1H3/t16-,17+,18-/m1/s1. The van der Waals surface area contributed by atoms with Crippen molar-refractivity contribution in [2.45, 2.75) is 16.1 Å². The van der Waals surface area contributed by atoms with Gasteiger partial charge in [0, 0.05) is 35.0 Å². The quantitative estimate of drug-likeness (QED) is 0.806. The van der Waals surface area contributed by atoms with Gasteiger partial charge in [0.05, 0.1) is 16.8 Å². The number of sulfone groups is 1. The number of benzene rings is 2. The van der Waals surface area contributed by atoms with Crippen LogP contribution in [0.2, 0.25) is 10.0 Å². The highest BCUT2D eigenvalue weighted by Crippen LogP contribution is 2.63. The number of halogens is 2. The molecule has 0 heterocycles. The molecule has 2 N–H and O–H groups in total. The number of hydrogen-bond donors (Lipinski definition) is 1. The summed E-state index contributed by atoms with van der Waals surface area (Å²) in [6.45, 7) is 0.466. The molecule has 1 fully saturated rings. The first-order valence-electron chi connectivity index (χ1n) is 7.81. The summed E-state index contributed by atoms with van der Waals surface area (Å²) >= 11 is 12.0. The highest BCUT2D eigenvalue weighted by molar-refractivity contribution is 7.92. The van der Waals surface area contributed by atoms with E-state index in [1.165, 1.54) is 12.1 Å². The Kier molecular flexibility index (Phi) is 5.15. The molecule has 1 saturated carbocycles. The van der Waals surface area contributed by atoms with E-state index in [9.17, 15) is 8.42 Å². The lowest BCUT2D eigenvalue weighted by Crippen LogP contribution is -2.28. The summed E-state index contributed by atoms with van der Waals surface area (Å²) in [6.07, 6.45) is 0. The maximum absolute atomic E-state index is 13.2. The van der Waals surface area contributed by atoms with Gasteiger partial charge in [-0.15, -0.1) is 0 Å². The molecular weight excluding hydrogens is 381 g/mol. The molecule has 25 heavy (non-hydrogen) atoms. The first kappa shape index (κ1) is 18.7. The molecule has 0 saturated heterocycles. The Morgan fingerprint density at radius 1 is 1.12 bits per heavy atom. The summed E-state index contributed by atoms with van der Waals surface area (Å²) < 4.78 is 31.8. The Labute approximate surface area is 157 Å². The van der Waals surface area contributed by atoms with Crippen LogP contribution in [0, 0.1) is 5.41 Å². The molecule has 134 valence electrons. The Morgan fingerprint density at radius 3 is 2.36 bits per heavy atom. The molecule has 0 bridgehead atoms. The predicted molar refractivity (Wildman–Crippen MR) is 100.0 cm³/mol. The van der Waals surface area contributed by atoms with E-state index < -0.39 is 20.5 Å². The monoisotopic (exact) mass is 399 g/mol. The van der Waals surface area contributed by atoms with Gasteiger partial charge in [-0.05, 0) is 42.0 Å². The predicted octanol–water partition coefficient (Wildman–Crippen LogP) is 3.52. The third kappa shape index (κ3) is 3.20. The molecule has 7 heteroatoms. The summed E-state index contributed by atoms with van der Waals surface area (Å²) in [7, 11) is -2.04. The van der Waals surface area contributed by atoms with Gasteiger partial charge in [0.15, 0.2) is 9.84 Å². The van der Waals surface area contributed by atoms with Gasteiger partial charge in [-0.2, -0.15) is 0 Å². The van der Waals surface area contributed by atoms with Crippen LogP contribution in [0.3, 0.4) is 0 Å². The second-order valence-electron chi connectivity index (χ2n) is 6.32. The van der Waals surface area contributed by atoms with Crippen LogP contribution < -0.4 is 5.73 Å². The summed E-state index contributed by atoms with van der Waals surface area (Å²) in [6, 6.07) is 13.5. The maximum Gasteiger partial charge on any atom is 0.182 e. The highest BCUT2D eigenvalue weighted by atomic mass is 35.5. The molecule has 2 aromatic rings. The molecule has 3 rings (SSSR count).